The van der Waals surface area contributed by atoms with Crippen LogP contribution in [0.25, 0.3) is 0 Å². The van der Waals surface area contributed by atoms with Gasteiger partial charge in [-0.15, -0.1) is 0 Å². The Morgan fingerprint density at radius 1 is 1.25 bits per heavy atom. The van der Waals surface area contributed by atoms with Crippen LogP contribution in [0.15, 0.2) is 0 Å². The fraction of sp³-hybridized carbons (Fsp3) is 0.500. The second-order valence-corrected chi connectivity index (χ2v) is 0. The first-order valence-electron chi connectivity index (χ1n) is 0.707. The molecule has 0 aromatic carbocycles. The summed E-state index contributed by atoms with van der Waals surface area (Å²) < 4.78 is 0. The zero-order valence-electron chi connectivity index (χ0n) is 2.79. The summed E-state index contributed by atoms with van der Waals surface area (Å²) in [7, 11) is 0. The van der Waals surface area contributed by atoms with Gasteiger partial charge in [-0.2, -0.15) is 6.92 Å². The van der Waals surface area contributed by atoms with Crippen LogP contribution >= 0.6 is 0 Å². The van der Waals surface area contributed by atoms with Gasteiger partial charge in [0, 0.05) is 0 Å². The molecule has 0 saturated heterocycles. The van der Waals surface area contributed by atoms with Crippen molar-refractivity contribution in [2.45, 2.75) is 6.92 Å². The van der Waals surface area contributed by atoms with Crippen molar-refractivity contribution in [3.8, 4) is 0 Å². The Morgan fingerprint density at radius 3 is 1.25 bits per heavy atom. The van der Waals surface area contributed by atoms with Crippen LogP contribution in [0.3, 0.4) is 0 Å². The average molecular weight is 180 g/mol. The van der Waals surface area contributed by atoms with Gasteiger partial charge in [0.25, 0.3) is 0 Å². The molecule has 0 bridgehead atoms. The summed E-state index contributed by atoms with van der Waals surface area (Å²) >= 11 is 0. The molecule has 4 heavy (non-hydrogen) atoms. The fourth-order valence-corrected chi connectivity index (χ4v) is 0. The van der Waals surface area contributed by atoms with Gasteiger partial charge >= 0.3 is 23.1 Å². The molecule has 0 radical (unpaired) electrons. The second kappa shape index (κ2) is 24.5. The zero-order chi connectivity index (χ0) is 2.00. The smallest absolute Gasteiger partial charge is 1.00 e. The predicted molar refractivity (Wildman–Crippen MR) is 16.8 cm³/mol. The van der Waals surface area contributed by atoms with Crippen molar-refractivity contribution >= 4 is 23.1 Å². The van der Waals surface area contributed by atoms with Crippen molar-refractivity contribution in [2.24, 2.45) is 0 Å². The Morgan fingerprint density at radius 2 is 1.25 bits per heavy atom. The van der Waals surface area contributed by atoms with Crippen LogP contribution in [0.4, 0.5) is 0 Å². The zero-order valence-corrected chi connectivity index (χ0v) is 6.36. The summed E-state index contributed by atoms with van der Waals surface area (Å²) in [6, 6.07) is 0. The third-order valence-electron chi connectivity index (χ3n) is 0. The number of hydrogen-bond acceptors (Lipinski definition) is 0. The van der Waals surface area contributed by atoms with Crippen molar-refractivity contribution in [1.82, 2.24) is 0 Å². The molecule has 0 atom stereocenters. The molecule has 0 N–H and O–H groups in total. The van der Waals surface area contributed by atoms with Gasteiger partial charge in [-0.05, 0) is 0 Å². The molecular weight excluding hydrogens is 175 g/mol. The first kappa shape index (κ1) is 17.8. The Bertz CT molecular complexity index is 6.00. The van der Waals surface area contributed by atoms with Crippen LogP contribution < -0.4 is 24.0 Å². The van der Waals surface area contributed by atoms with Crippen LogP contribution in [-0.4, -0.2) is 23.1 Å². The molecule has 0 aromatic heterocycles. The van der Waals surface area contributed by atoms with E-state index in [2.05, 4.69) is 6.92 Å². The molecule has 0 nitrogen and oxygen atoms in total. The molecule has 0 spiro atoms. The maximum Gasteiger partial charge on any atom is 2.00 e. The largest absolute Gasteiger partial charge is 2.00 e. The van der Waals surface area contributed by atoms with Gasteiger partial charge in [0.2, 0.25) is 0 Å². The van der Waals surface area contributed by atoms with E-state index in [4.69, 9.17) is 0 Å². The minimum atomic E-state index is 0. The minimum Gasteiger partial charge on any atom is -1.00 e. The van der Waals surface area contributed by atoms with E-state index in [1.165, 1.54) is 0 Å². The summed E-state index contributed by atoms with van der Waals surface area (Å²) in [5, 5.41) is 0. The first-order chi connectivity index (χ1) is 1.00. The van der Waals surface area contributed by atoms with Crippen LogP contribution in [0.2, 0.25) is 0 Å². The molecule has 0 unspecified atom stereocenters. The van der Waals surface area contributed by atoms with Crippen LogP contribution in [0, 0.1) is 6.92 Å². The molecule has 0 aliphatic rings. The van der Waals surface area contributed by atoms with Crippen molar-refractivity contribution in [2.75, 3.05) is 0 Å². The quantitative estimate of drug-likeness (QED) is 0.219. The molecule has 0 heterocycles. The number of halogens is 1. The van der Waals surface area contributed by atoms with Crippen LogP contribution in [0.1, 0.15) is 6.92 Å². The first-order valence-corrected chi connectivity index (χ1v) is 0.707. The van der Waals surface area contributed by atoms with Crippen LogP contribution in [0.5, 0.6) is 0 Å². The Labute approximate surface area is 60.5 Å². The van der Waals surface area contributed by atoms with Gasteiger partial charge in [-0.1, -0.05) is 0 Å². The standard InChI is InChI=1S/C2H5.HI.Mg/c1-2;;/h1H2,2H3;1H;/q-1;;+2/p-1. The summed E-state index contributed by atoms with van der Waals surface area (Å²) in [6.07, 6.45) is 0. The molecule has 2 heteroatoms. The van der Waals surface area contributed by atoms with Gasteiger partial charge in [-0.3, -0.25) is 0 Å². The fourth-order valence-electron chi connectivity index (χ4n) is 0. The molecular formula is C2H5IMg. The maximum atomic E-state index is 3.25. The third-order valence-corrected chi connectivity index (χ3v) is 0. The molecule has 0 aromatic rings. The van der Waals surface area contributed by atoms with E-state index in [0.29, 0.717) is 0 Å². The average Bonchev–Trinajstić information content (AvgIpc) is 1.00. The number of hydrogen-bond donors (Lipinski definition) is 0. The SMILES string of the molecule is [CH2-]C.[I-].[Mg+2]. The van der Waals surface area contributed by atoms with E-state index in [0.717, 1.165) is 0 Å². The van der Waals surface area contributed by atoms with E-state index in [-0.39, 0.29) is 47.0 Å². The van der Waals surface area contributed by atoms with Gasteiger partial charge in [0.05, 0.1) is 0 Å². The molecule has 0 saturated carbocycles. The summed E-state index contributed by atoms with van der Waals surface area (Å²) in [6.45, 7) is 5.00. The van der Waals surface area contributed by atoms with Crippen molar-refractivity contribution in [3.63, 3.8) is 0 Å². The van der Waals surface area contributed by atoms with E-state index >= 15 is 0 Å². The monoisotopic (exact) mass is 180 g/mol. The van der Waals surface area contributed by atoms with E-state index < -0.39 is 0 Å². The van der Waals surface area contributed by atoms with Gasteiger partial charge < -0.3 is 30.9 Å². The van der Waals surface area contributed by atoms with E-state index in [1.807, 2.05) is 0 Å². The third kappa shape index (κ3) is 9.73. The predicted octanol–water partition coefficient (Wildman–Crippen LogP) is -2.54. The van der Waals surface area contributed by atoms with Crippen LogP contribution in [-0.2, 0) is 0 Å². The van der Waals surface area contributed by atoms with Crippen molar-refractivity contribution in [1.29, 1.82) is 0 Å². The number of rotatable bonds is 0. The topological polar surface area (TPSA) is 0 Å². The summed E-state index contributed by atoms with van der Waals surface area (Å²) in [5.74, 6) is 0. The molecule has 0 aliphatic heterocycles. The Hall–Kier alpha value is 1.50. The normalized spacial score (nSPS) is 1.50. The Balaban J connectivity index is -0.00000000500. The molecule has 0 amide bonds. The van der Waals surface area contributed by atoms with Crippen molar-refractivity contribution in [3.05, 3.63) is 6.92 Å². The Kier molecular flexibility index (Phi) is 109. The summed E-state index contributed by atoms with van der Waals surface area (Å²) in [4.78, 5) is 0. The van der Waals surface area contributed by atoms with Gasteiger partial charge in [0.1, 0.15) is 0 Å². The van der Waals surface area contributed by atoms with Gasteiger partial charge in [0.15, 0.2) is 0 Å². The summed E-state index contributed by atoms with van der Waals surface area (Å²) in [5.41, 5.74) is 0. The van der Waals surface area contributed by atoms with E-state index in [9.17, 15) is 0 Å². The molecule has 22 valence electrons. The van der Waals surface area contributed by atoms with E-state index in [1.54, 1.807) is 6.92 Å². The minimum absolute atomic E-state index is 0. The second-order valence-electron chi connectivity index (χ2n) is 0. The van der Waals surface area contributed by atoms with Crippen molar-refractivity contribution < 1.29 is 24.0 Å². The molecule has 0 rings (SSSR count). The molecule has 0 aliphatic carbocycles. The maximum absolute atomic E-state index is 3.25. The molecule has 0 fully saturated rings. The van der Waals surface area contributed by atoms with Gasteiger partial charge in [-0.25, -0.2) is 0 Å².